The average Bonchev–Trinajstić information content (AvgIpc) is 2.30. The molecular weight excluding hydrogens is 251 g/mol. The van der Waals surface area contributed by atoms with Gasteiger partial charge in [0.1, 0.15) is 5.82 Å². The molecule has 0 aliphatic heterocycles. The fourth-order valence-corrected chi connectivity index (χ4v) is 1.90. The van der Waals surface area contributed by atoms with Gasteiger partial charge in [0, 0.05) is 18.1 Å². The Hall–Kier alpha value is -1.11. The molecule has 1 aromatic rings. The molecule has 18 heavy (non-hydrogen) atoms. The molecule has 0 aliphatic carbocycles. The van der Waals surface area contributed by atoms with Crippen LogP contribution < -0.4 is 5.32 Å². The van der Waals surface area contributed by atoms with Gasteiger partial charge in [-0.15, -0.1) is 0 Å². The number of halogens is 2. The third-order valence-electron chi connectivity index (χ3n) is 2.98. The maximum atomic E-state index is 13.4. The van der Waals surface area contributed by atoms with Crippen LogP contribution in [0.3, 0.4) is 0 Å². The van der Waals surface area contributed by atoms with Crippen molar-refractivity contribution in [1.29, 1.82) is 5.26 Å². The number of nitriles is 1. The molecule has 0 saturated heterocycles. The molecule has 1 N–H and O–H groups in total. The van der Waals surface area contributed by atoms with Crippen LogP contribution in [0, 0.1) is 35.9 Å². The lowest BCUT2D eigenvalue weighted by molar-refractivity contribution is 0.441. The highest BCUT2D eigenvalue weighted by molar-refractivity contribution is 6.31. The number of aryl methyl sites for hydroxylation is 1. The maximum Gasteiger partial charge on any atom is 0.126 e. The van der Waals surface area contributed by atoms with Crippen LogP contribution in [0.5, 0.6) is 0 Å². The first-order valence-corrected chi connectivity index (χ1v) is 6.38. The molecule has 0 saturated carbocycles. The van der Waals surface area contributed by atoms with Crippen molar-refractivity contribution in [2.24, 2.45) is 11.8 Å². The summed E-state index contributed by atoms with van der Waals surface area (Å²) in [6.45, 7) is 6.76. The predicted octanol–water partition coefficient (Wildman–Crippen LogP) is 3.67. The summed E-state index contributed by atoms with van der Waals surface area (Å²) in [5.41, 5.74) is 1.26. The number of hydrogen-bond donors (Lipinski definition) is 1. The summed E-state index contributed by atoms with van der Waals surface area (Å²) < 4.78 is 13.4. The van der Waals surface area contributed by atoms with Gasteiger partial charge < -0.3 is 5.32 Å². The minimum Gasteiger partial charge on any atom is -0.311 e. The van der Waals surface area contributed by atoms with Crippen molar-refractivity contribution in [1.82, 2.24) is 5.32 Å². The number of hydrogen-bond acceptors (Lipinski definition) is 2. The summed E-state index contributed by atoms with van der Waals surface area (Å²) in [6.07, 6.45) is 0. The highest BCUT2D eigenvalue weighted by atomic mass is 35.5. The lowest BCUT2D eigenvalue weighted by atomic mass is 9.97. The SMILES string of the molecule is Cc1cc(Cl)c(CNCC(C#N)C(C)C)cc1F. The van der Waals surface area contributed by atoms with Gasteiger partial charge in [-0.1, -0.05) is 25.4 Å². The van der Waals surface area contributed by atoms with E-state index in [1.165, 1.54) is 6.07 Å². The third-order valence-corrected chi connectivity index (χ3v) is 3.33. The summed E-state index contributed by atoms with van der Waals surface area (Å²) in [4.78, 5) is 0. The summed E-state index contributed by atoms with van der Waals surface area (Å²) in [5.74, 6) is 0.00342. The Kier molecular flexibility index (Phi) is 5.58. The van der Waals surface area contributed by atoms with Gasteiger partial charge in [-0.05, 0) is 36.1 Å². The van der Waals surface area contributed by atoms with Crippen molar-refractivity contribution in [2.45, 2.75) is 27.3 Å². The molecule has 0 bridgehead atoms. The van der Waals surface area contributed by atoms with E-state index in [4.69, 9.17) is 16.9 Å². The molecule has 0 amide bonds. The van der Waals surface area contributed by atoms with Crippen LogP contribution in [-0.2, 0) is 6.54 Å². The van der Waals surface area contributed by atoms with Crippen LogP contribution in [0.25, 0.3) is 0 Å². The van der Waals surface area contributed by atoms with Crippen molar-refractivity contribution in [3.05, 3.63) is 34.1 Å². The molecule has 1 unspecified atom stereocenters. The van der Waals surface area contributed by atoms with Gasteiger partial charge in [-0.3, -0.25) is 0 Å². The first kappa shape index (κ1) is 14.9. The standard InChI is InChI=1S/C14H18ClFN2/c1-9(2)12(6-17)8-18-7-11-5-14(16)10(3)4-13(11)15/h4-5,9,12,18H,7-8H2,1-3H3. The van der Waals surface area contributed by atoms with E-state index in [9.17, 15) is 4.39 Å². The second kappa shape index (κ2) is 6.72. The van der Waals surface area contributed by atoms with Crippen molar-refractivity contribution >= 4 is 11.6 Å². The first-order valence-electron chi connectivity index (χ1n) is 6.00. The molecule has 1 atom stereocenters. The Labute approximate surface area is 113 Å². The van der Waals surface area contributed by atoms with Crippen molar-refractivity contribution in [3.8, 4) is 6.07 Å². The highest BCUT2D eigenvalue weighted by Gasteiger charge is 2.12. The lowest BCUT2D eigenvalue weighted by Gasteiger charge is -2.14. The minimum atomic E-state index is -0.253. The molecule has 0 radical (unpaired) electrons. The van der Waals surface area contributed by atoms with Crippen molar-refractivity contribution in [3.63, 3.8) is 0 Å². The molecule has 0 heterocycles. The van der Waals surface area contributed by atoms with E-state index >= 15 is 0 Å². The smallest absolute Gasteiger partial charge is 0.126 e. The minimum absolute atomic E-state index is 0.0425. The Morgan fingerprint density at radius 2 is 2.11 bits per heavy atom. The van der Waals surface area contributed by atoms with E-state index in [-0.39, 0.29) is 11.7 Å². The largest absolute Gasteiger partial charge is 0.311 e. The maximum absolute atomic E-state index is 13.4. The molecular formula is C14H18ClFN2. The fourth-order valence-electron chi connectivity index (χ4n) is 1.62. The van der Waals surface area contributed by atoms with Crippen LogP contribution in [0.15, 0.2) is 12.1 Å². The summed E-state index contributed by atoms with van der Waals surface area (Å²) in [6, 6.07) is 5.32. The van der Waals surface area contributed by atoms with E-state index in [0.29, 0.717) is 29.6 Å². The van der Waals surface area contributed by atoms with Crippen LogP contribution in [-0.4, -0.2) is 6.54 Å². The topological polar surface area (TPSA) is 35.8 Å². The van der Waals surface area contributed by atoms with E-state index in [0.717, 1.165) is 5.56 Å². The lowest BCUT2D eigenvalue weighted by Crippen LogP contribution is -2.25. The van der Waals surface area contributed by atoms with Crippen LogP contribution in [0.1, 0.15) is 25.0 Å². The first-order chi connectivity index (χ1) is 8.45. The third kappa shape index (κ3) is 3.97. The normalized spacial score (nSPS) is 12.5. The number of nitrogens with zero attached hydrogens (tertiary/aromatic N) is 1. The number of nitrogens with one attached hydrogen (secondary N) is 1. The Balaban J connectivity index is 2.60. The highest BCUT2D eigenvalue weighted by Crippen LogP contribution is 2.20. The van der Waals surface area contributed by atoms with Gasteiger partial charge in [0.25, 0.3) is 0 Å². The van der Waals surface area contributed by atoms with Crippen molar-refractivity contribution < 1.29 is 4.39 Å². The summed E-state index contributed by atoms with van der Waals surface area (Å²) >= 11 is 6.04. The Bertz CT molecular complexity index is 452. The summed E-state index contributed by atoms with van der Waals surface area (Å²) in [7, 11) is 0. The molecule has 2 nitrogen and oxygen atoms in total. The zero-order valence-corrected chi connectivity index (χ0v) is 11.7. The average molecular weight is 269 g/mol. The van der Waals surface area contributed by atoms with Gasteiger partial charge in [0.05, 0.1) is 12.0 Å². The summed E-state index contributed by atoms with van der Waals surface area (Å²) in [5, 5.41) is 12.7. The molecule has 0 spiro atoms. The van der Waals surface area contributed by atoms with E-state index in [1.54, 1.807) is 13.0 Å². The van der Waals surface area contributed by atoms with Crippen molar-refractivity contribution in [2.75, 3.05) is 6.54 Å². The predicted molar refractivity (Wildman–Crippen MR) is 71.8 cm³/mol. The molecule has 1 rings (SSSR count). The van der Waals surface area contributed by atoms with Gasteiger partial charge in [-0.2, -0.15) is 5.26 Å². The van der Waals surface area contributed by atoms with Gasteiger partial charge in [0.15, 0.2) is 0 Å². The monoisotopic (exact) mass is 268 g/mol. The second-order valence-electron chi connectivity index (χ2n) is 4.80. The van der Waals surface area contributed by atoms with E-state index in [1.807, 2.05) is 13.8 Å². The number of benzene rings is 1. The van der Waals surface area contributed by atoms with Crippen LogP contribution >= 0.6 is 11.6 Å². The van der Waals surface area contributed by atoms with Gasteiger partial charge >= 0.3 is 0 Å². The molecule has 98 valence electrons. The van der Waals surface area contributed by atoms with Crippen LogP contribution in [0.4, 0.5) is 4.39 Å². The molecule has 0 aliphatic rings. The van der Waals surface area contributed by atoms with E-state index < -0.39 is 0 Å². The Morgan fingerprint density at radius 3 is 2.67 bits per heavy atom. The van der Waals surface area contributed by atoms with Gasteiger partial charge in [0.2, 0.25) is 0 Å². The molecule has 0 aromatic heterocycles. The number of rotatable bonds is 5. The van der Waals surface area contributed by atoms with Crippen LogP contribution in [0.2, 0.25) is 5.02 Å². The van der Waals surface area contributed by atoms with Gasteiger partial charge in [-0.25, -0.2) is 4.39 Å². The zero-order chi connectivity index (χ0) is 13.7. The second-order valence-corrected chi connectivity index (χ2v) is 5.21. The molecule has 1 aromatic carbocycles. The Morgan fingerprint density at radius 1 is 1.44 bits per heavy atom. The quantitative estimate of drug-likeness (QED) is 0.884. The molecule has 0 fully saturated rings. The molecule has 4 heteroatoms. The van der Waals surface area contributed by atoms with E-state index in [2.05, 4.69) is 11.4 Å². The fraction of sp³-hybridized carbons (Fsp3) is 0.500. The zero-order valence-electron chi connectivity index (χ0n) is 10.9.